The van der Waals surface area contributed by atoms with Gasteiger partial charge in [0.15, 0.2) is 0 Å². The molecule has 0 aliphatic carbocycles. The van der Waals surface area contributed by atoms with Gasteiger partial charge in [0.1, 0.15) is 5.51 Å². The number of nitrogens with one attached hydrogen (secondary N) is 2. The van der Waals surface area contributed by atoms with Crippen molar-refractivity contribution in [3.05, 3.63) is 35.3 Å². The lowest BCUT2D eigenvalue weighted by Gasteiger charge is -2.14. The monoisotopic (exact) mass is 326 g/mol. The molecule has 0 fully saturated rings. The predicted octanol–water partition coefficient (Wildman–Crippen LogP) is 2.40. The molecule has 1 aromatic carbocycles. The second-order valence-electron chi connectivity index (χ2n) is 4.59. The van der Waals surface area contributed by atoms with Crippen LogP contribution in [0, 0.1) is 0 Å². The summed E-state index contributed by atoms with van der Waals surface area (Å²) in [5, 5.41) is 10.9. The van der Waals surface area contributed by atoms with E-state index in [4.69, 9.17) is 0 Å². The van der Waals surface area contributed by atoms with Gasteiger partial charge in [0, 0.05) is 6.04 Å². The fourth-order valence-electron chi connectivity index (χ4n) is 1.81. The number of benzene rings is 1. The van der Waals surface area contributed by atoms with Crippen LogP contribution in [0.2, 0.25) is 0 Å². The van der Waals surface area contributed by atoms with Gasteiger partial charge in [0.05, 0.1) is 4.90 Å². The first-order chi connectivity index (χ1) is 10.0. The van der Waals surface area contributed by atoms with Crippen LogP contribution in [0.3, 0.4) is 0 Å². The van der Waals surface area contributed by atoms with E-state index in [2.05, 4.69) is 34.1 Å². The third-order valence-electron chi connectivity index (χ3n) is 2.97. The number of nitrogens with zero attached hydrogens (tertiary/aromatic N) is 2. The van der Waals surface area contributed by atoms with E-state index in [-0.39, 0.29) is 16.1 Å². The molecule has 1 unspecified atom stereocenters. The number of hydrogen-bond acceptors (Lipinski definition) is 6. The molecule has 0 radical (unpaired) electrons. The van der Waals surface area contributed by atoms with Crippen molar-refractivity contribution in [2.45, 2.75) is 31.2 Å². The summed E-state index contributed by atoms with van der Waals surface area (Å²) in [4.78, 5) is 0.212. The molecule has 0 saturated heterocycles. The smallest absolute Gasteiger partial charge is 0.263 e. The lowest BCUT2D eigenvalue weighted by atomic mass is 10.1. The summed E-state index contributed by atoms with van der Waals surface area (Å²) >= 11 is 1.14. The van der Waals surface area contributed by atoms with Crippen LogP contribution in [0.4, 0.5) is 5.13 Å². The molecule has 2 aromatic rings. The minimum Gasteiger partial charge on any atom is -0.310 e. The van der Waals surface area contributed by atoms with Crippen LogP contribution in [0.25, 0.3) is 0 Å². The minimum atomic E-state index is -3.61. The van der Waals surface area contributed by atoms with Gasteiger partial charge in [-0.15, -0.1) is 10.2 Å². The van der Waals surface area contributed by atoms with Gasteiger partial charge in [-0.3, -0.25) is 4.72 Å². The summed E-state index contributed by atoms with van der Waals surface area (Å²) in [5.74, 6) is 0. The highest BCUT2D eigenvalue weighted by molar-refractivity contribution is 7.93. The molecule has 1 heterocycles. The van der Waals surface area contributed by atoms with E-state index in [1.54, 1.807) is 12.1 Å². The van der Waals surface area contributed by atoms with Crippen molar-refractivity contribution < 1.29 is 8.42 Å². The zero-order valence-electron chi connectivity index (χ0n) is 11.9. The molecule has 0 bridgehead atoms. The summed E-state index contributed by atoms with van der Waals surface area (Å²) in [6.07, 6.45) is 1.06. The highest BCUT2D eigenvalue weighted by Crippen LogP contribution is 2.19. The molecule has 0 aliphatic heterocycles. The molecule has 0 saturated carbocycles. The van der Waals surface area contributed by atoms with Crippen LogP contribution >= 0.6 is 11.3 Å². The van der Waals surface area contributed by atoms with Crippen LogP contribution in [-0.2, 0) is 10.0 Å². The Morgan fingerprint density at radius 1 is 1.29 bits per heavy atom. The number of rotatable bonds is 7. The molecule has 114 valence electrons. The summed E-state index contributed by atoms with van der Waals surface area (Å²) in [6, 6.07) is 7.04. The first kappa shape index (κ1) is 15.9. The predicted molar refractivity (Wildman–Crippen MR) is 83.9 cm³/mol. The van der Waals surface area contributed by atoms with Crippen LogP contribution in [-0.4, -0.2) is 25.2 Å². The highest BCUT2D eigenvalue weighted by atomic mass is 32.2. The van der Waals surface area contributed by atoms with E-state index >= 15 is 0 Å². The van der Waals surface area contributed by atoms with Crippen molar-refractivity contribution in [1.29, 1.82) is 0 Å². The quantitative estimate of drug-likeness (QED) is 0.816. The Kier molecular flexibility index (Phi) is 5.27. The first-order valence-electron chi connectivity index (χ1n) is 6.65. The van der Waals surface area contributed by atoms with Crippen molar-refractivity contribution in [2.24, 2.45) is 0 Å². The van der Waals surface area contributed by atoms with Gasteiger partial charge < -0.3 is 5.32 Å². The normalized spacial score (nSPS) is 13.0. The molecule has 8 heteroatoms. The summed E-state index contributed by atoms with van der Waals surface area (Å²) in [6.45, 7) is 5.09. The zero-order chi connectivity index (χ0) is 15.3. The third kappa shape index (κ3) is 4.23. The largest absolute Gasteiger partial charge is 0.310 e. The van der Waals surface area contributed by atoms with Crippen molar-refractivity contribution in [2.75, 3.05) is 11.3 Å². The maximum absolute atomic E-state index is 12.2. The van der Waals surface area contributed by atoms with E-state index in [0.29, 0.717) is 0 Å². The van der Waals surface area contributed by atoms with Gasteiger partial charge in [-0.2, -0.15) is 0 Å². The van der Waals surface area contributed by atoms with Crippen LogP contribution in [0.1, 0.15) is 31.9 Å². The van der Waals surface area contributed by atoms with Gasteiger partial charge in [0.2, 0.25) is 5.13 Å². The molecular formula is C13H18N4O2S2. The molecule has 0 spiro atoms. The highest BCUT2D eigenvalue weighted by Gasteiger charge is 2.16. The Bertz CT molecular complexity index is 654. The van der Waals surface area contributed by atoms with Crippen molar-refractivity contribution in [3.63, 3.8) is 0 Å². The van der Waals surface area contributed by atoms with Crippen molar-refractivity contribution in [3.8, 4) is 0 Å². The average Bonchev–Trinajstić information content (AvgIpc) is 2.97. The number of anilines is 1. The Morgan fingerprint density at radius 2 is 2.00 bits per heavy atom. The Morgan fingerprint density at radius 3 is 2.57 bits per heavy atom. The number of aromatic nitrogens is 2. The topological polar surface area (TPSA) is 84.0 Å². The Balaban J connectivity index is 2.11. The van der Waals surface area contributed by atoms with E-state index in [1.807, 2.05) is 12.1 Å². The lowest BCUT2D eigenvalue weighted by molar-refractivity contribution is 0.570. The van der Waals surface area contributed by atoms with Crippen molar-refractivity contribution >= 4 is 26.5 Å². The van der Waals surface area contributed by atoms with Gasteiger partial charge in [-0.25, -0.2) is 8.42 Å². The summed E-state index contributed by atoms with van der Waals surface area (Å²) < 4.78 is 26.7. The first-order valence-corrected chi connectivity index (χ1v) is 9.01. The minimum absolute atomic E-state index is 0.192. The Labute approximate surface area is 128 Å². The standard InChI is InChI=1S/C13H18N4O2S2/c1-3-8-14-10(2)11-4-6-12(7-5-11)21(18,19)17-13-16-15-9-20-13/h4-7,9-10,14H,3,8H2,1-2H3,(H,16,17). The summed E-state index contributed by atoms with van der Waals surface area (Å²) in [7, 11) is -3.61. The molecule has 2 N–H and O–H groups in total. The maximum atomic E-state index is 12.2. The molecule has 0 amide bonds. The molecule has 1 aromatic heterocycles. The molecule has 21 heavy (non-hydrogen) atoms. The molecule has 2 rings (SSSR count). The van der Waals surface area contributed by atoms with Crippen LogP contribution < -0.4 is 10.0 Å². The molecule has 0 aliphatic rings. The molecule has 1 atom stereocenters. The molecule has 6 nitrogen and oxygen atoms in total. The Hall–Kier alpha value is -1.51. The second-order valence-corrected chi connectivity index (χ2v) is 7.11. The summed E-state index contributed by atoms with van der Waals surface area (Å²) in [5.41, 5.74) is 2.53. The molecular weight excluding hydrogens is 308 g/mol. The fraction of sp³-hybridized carbons (Fsp3) is 0.385. The fourth-order valence-corrected chi connectivity index (χ4v) is 3.50. The third-order valence-corrected chi connectivity index (χ3v) is 5.06. The van der Waals surface area contributed by atoms with E-state index < -0.39 is 10.0 Å². The second kappa shape index (κ2) is 6.97. The van der Waals surface area contributed by atoms with Gasteiger partial charge in [-0.05, 0) is 37.6 Å². The van der Waals surface area contributed by atoms with Gasteiger partial charge >= 0.3 is 0 Å². The van der Waals surface area contributed by atoms with Crippen LogP contribution in [0.5, 0.6) is 0 Å². The zero-order valence-corrected chi connectivity index (χ0v) is 13.5. The van der Waals surface area contributed by atoms with E-state index in [0.717, 1.165) is 29.9 Å². The SMILES string of the molecule is CCCNC(C)c1ccc(S(=O)(=O)Nc2nncs2)cc1. The van der Waals surface area contributed by atoms with E-state index in [9.17, 15) is 8.42 Å². The van der Waals surface area contributed by atoms with Crippen molar-refractivity contribution in [1.82, 2.24) is 15.5 Å². The van der Waals surface area contributed by atoms with Gasteiger partial charge in [0.25, 0.3) is 10.0 Å². The lowest BCUT2D eigenvalue weighted by Crippen LogP contribution is -2.19. The van der Waals surface area contributed by atoms with Gasteiger partial charge in [-0.1, -0.05) is 30.4 Å². The number of hydrogen-bond donors (Lipinski definition) is 2. The number of sulfonamides is 1. The maximum Gasteiger partial charge on any atom is 0.263 e. The van der Waals surface area contributed by atoms with Crippen LogP contribution in [0.15, 0.2) is 34.7 Å². The average molecular weight is 326 g/mol. The van der Waals surface area contributed by atoms with E-state index in [1.165, 1.54) is 5.51 Å².